The van der Waals surface area contributed by atoms with Gasteiger partial charge in [0.2, 0.25) is 0 Å². The standard InChI is InChI=1S/C8H16N2O/c1-6(11)7-4-10-8(2,3)5-9-7/h7,9-10H,4-5H2,1-3H3. The van der Waals surface area contributed by atoms with Crippen LogP contribution in [-0.2, 0) is 4.79 Å². The van der Waals surface area contributed by atoms with Gasteiger partial charge in [0.15, 0.2) is 0 Å². The van der Waals surface area contributed by atoms with Gasteiger partial charge in [-0.3, -0.25) is 4.79 Å². The molecule has 1 rings (SSSR count). The van der Waals surface area contributed by atoms with E-state index in [9.17, 15) is 4.79 Å². The van der Waals surface area contributed by atoms with Gasteiger partial charge < -0.3 is 10.6 Å². The Balaban J connectivity index is 2.42. The van der Waals surface area contributed by atoms with Crippen LogP contribution >= 0.6 is 0 Å². The SMILES string of the molecule is CC(=O)C1CNC(C)(C)CN1. The highest BCUT2D eigenvalue weighted by atomic mass is 16.1. The topological polar surface area (TPSA) is 41.1 Å². The Morgan fingerprint density at radius 1 is 1.55 bits per heavy atom. The molecule has 0 saturated carbocycles. The highest BCUT2D eigenvalue weighted by molar-refractivity contribution is 5.81. The Bertz CT molecular complexity index is 155. The van der Waals surface area contributed by atoms with Gasteiger partial charge >= 0.3 is 0 Å². The van der Waals surface area contributed by atoms with Crippen molar-refractivity contribution in [3.8, 4) is 0 Å². The van der Waals surface area contributed by atoms with Gasteiger partial charge in [-0.15, -0.1) is 0 Å². The number of hydrogen-bond acceptors (Lipinski definition) is 3. The van der Waals surface area contributed by atoms with Crippen LogP contribution < -0.4 is 10.6 Å². The summed E-state index contributed by atoms with van der Waals surface area (Å²) in [4.78, 5) is 10.9. The number of hydrogen-bond donors (Lipinski definition) is 2. The molecule has 64 valence electrons. The minimum atomic E-state index is 0.0167. The first kappa shape index (κ1) is 8.68. The van der Waals surface area contributed by atoms with Crippen molar-refractivity contribution < 1.29 is 4.79 Å². The first-order chi connectivity index (χ1) is 5.01. The second kappa shape index (κ2) is 2.91. The maximum Gasteiger partial charge on any atom is 0.147 e. The average Bonchev–Trinajstić information content (AvgIpc) is 1.86. The lowest BCUT2D eigenvalue weighted by Crippen LogP contribution is -2.61. The summed E-state index contributed by atoms with van der Waals surface area (Å²) >= 11 is 0. The van der Waals surface area contributed by atoms with Gasteiger partial charge in [0.1, 0.15) is 5.78 Å². The van der Waals surface area contributed by atoms with E-state index in [1.165, 1.54) is 0 Å². The number of Topliss-reactive ketones (excluding diaryl/α,β-unsaturated/α-hetero) is 1. The Hall–Kier alpha value is -0.410. The predicted octanol–water partition coefficient (Wildman–Crippen LogP) is -0.0846. The van der Waals surface area contributed by atoms with E-state index in [0.717, 1.165) is 13.1 Å². The van der Waals surface area contributed by atoms with Crippen molar-refractivity contribution in [3.63, 3.8) is 0 Å². The molecule has 1 atom stereocenters. The molecule has 1 unspecified atom stereocenters. The van der Waals surface area contributed by atoms with Crippen molar-refractivity contribution in [1.29, 1.82) is 0 Å². The molecular weight excluding hydrogens is 140 g/mol. The van der Waals surface area contributed by atoms with Gasteiger partial charge in [-0.05, 0) is 20.8 Å². The third-order valence-electron chi connectivity index (χ3n) is 2.07. The number of nitrogens with one attached hydrogen (secondary N) is 2. The third kappa shape index (κ3) is 2.27. The summed E-state index contributed by atoms with van der Waals surface area (Å²) in [5, 5.41) is 6.50. The van der Waals surface area contributed by atoms with Gasteiger partial charge in [0.25, 0.3) is 0 Å². The van der Waals surface area contributed by atoms with Crippen LogP contribution in [0, 0.1) is 0 Å². The first-order valence-corrected chi connectivity index (χ1v) is 4.00. The van der Waals surface area contributed by atoms with Crippen LogP contribution in [0.2, 0.25) is 0 Å². The summed E-state index contributed by atoms with van der Waals surface area (Å²) in [6.07, 6.45) is 0. The van der Waals surface area contributed by atoms with Crippen LogP contribution in [-0.4, -0.2) is 30.5 Å². The summed E-state index contributed by atoms with van der Waals surface area (Å²) in [5.41, 5.74) is 0.131. The lowest BCUT2D eigenvalue weighted by molar-refractivity contribution is -0.119. The Labute approximate surface area is 67.5 Å². The molecule has 0 aliphatic carbocycles. The van der Waals surface area contributed by atoms with Crippen molar-refractivity contribution in [3.05, 3.63) is 0 Å². The zero-order valence-corrected chi connectivity index (χ0v) is 7.40. The number of rotatable bonds is 1. The molecule has 1 fully saturated rings. The fourth-order valence-corrected chi connectivity index (χ4v) is 1.18. The molecule has 2 N–H and O–H groups in total. The van der Waals surface area contributed by atoms with E-state index in [1.54, 1.807) is 6.92 Å². The summed E-state index contributed by atoms with van der Waals surface area (Å²) in [6, 6.07) is 0.0167. The predicted molar refractivity (Wildman–Crippen MR) is 44.6 cm³/mol. The van der Waals surface area contributed by atoms with Gasteiger partial charge in [-0.25, -0.2) is 0 Å². The number of ketones is 1. The zero-order chi connectivity index (χ0) is 8.48. The number of piperazine rings is 1. The smallest absolute Gasteiger partial charge is 0.147 e. The van der Waals surface area contributed by atoms with Crippen LogP contribution in [0.5, 0.6) is 0 Å². The van der Waals surface area contributed by atoms with Crippen LogP contribution in [0.4, 0.5) is 0 Å². The summed E-state index contributed by atoms with van der Waals surface area (Å²) in [6.45, 7) is 7.48. The number of carbonyl (C=O) groups is 1. The summed E-state index contributed by atoms with van der Waals surface area (Å²) in [5.74, 6) is 0.216. The monoisotopic (exact) mass is 156 g/mol. The molecule has 0 amide bonds. The van der Waals surface area contributed by atoms with Crippen molar-refractivity contribution in [2.45, 2.75) is 32.4 Å². The van der Waals surface area contributed by atoms with Crippen molar-refractivity contribution >= 4 is 5.78 Å². The van der Waals surface area contributed by atoms with Gasteiger partial charge in [-0.2, -0.15) is 0 Å². The molecule has 0 radical (unpaired) electrons. The second-order valence-electron chi connectivity index (χ2n) is 3.81. The summed E-state index contributed by atoms with van der Waals surface area (Å²) < 4.78 is 0. The Kier molecular flexibility index (Phi) is 2.30. The molecule has 0 aromatic heterocycles. The molecule has 1 saturated heterocycles. The van der Waals surface area contributed by atoms with Gasteiger partial charge in [-0.1, -0.05) is 0 Å². The van der Waals surface area contributed by atoms with Crippen LogP contribution in [0.25, 0.3) is 0 Å². The van der Waals surface area contributed by atoms with Gasteiger partial charge in [0, 0.05) is 18.6 Å². The maximum atomic E-state index is 10.9. The van der Waals surface area contributed by atoms with Crippen LogP contribution in [0.1, 0.15) is 20.8 Å². The minimum Gasteiger partial charge on any atom is -0.309 e. The van der Waals surface area contributed by atoms with Crippen molar-refractivity contribution in [1.82, 2.24) is 10.6 Å². The molecule has 0 bridgehead atoms. The lowest BCUT2D eigenvalue weighted by Gasteiger charge is -2.35. The quantitative estimate of drug-likeness (QED) is 0.557. The average molecular weight is 156 g/mol. The van der Waals surface area contributed by atoms with E-state index in [0.29, 0.717) is 0 Å². The van der Waals surface area contributed by atoms with E-state index in [1.807, 2.05) is 0 Å². The van der Waals surface area contributed by atoms with E-state index in [2.05, 4.69) is 24.5 Å². The molecule has 3 heteroatoms. The van der Waals surface area contributed by atoms with Crippen LogP contribution in [0.3, 0.4) is 0 Å². The molecule has 0 aromatic carbocycles. The van der Waals surface area contributed by atoms with Crippen LogP contribution in [0.15, 0.2) is 0 Å². The maximum absolute atomic E-state index is 10.9. The Morgan fingerprint density at radius 2 is 2.18 bits per heavy atom. The van der Waals surface area contributed by atoms with Crippen molar-refractivity contribution in [2.24, 2.45) is 0 Å². The largest absolute Gasteiger partial charge is 0.309 e. The fourth-order valence-electron chi connectivity index (χ4n) is 1.18. The molecular formula is C8H16N2O. The van der Waals surface area contributed by atoms with Crippen molar-refractivity contribution in [2.75, 3.05) is 13.1 Å². The second-order valence-corrected chi connectivity index (χ2v) is 3.81. The normalized spacial score (nSPS) is 29.9. The minimum absolute atomic E-state index is 0.0167. The molecule has 11 heavy (non-hydrogen) atoms. The van der Waals surface area contributed by atoms with E-state index in [4.69, 9.17) is 0 Å². The molecule has 0 aromatic rings. The highest BCUT2D eigenvalue weighted by Crippen LogP contribution is 2.05. The third-order valence-corrected chi connectivity index (χ3v) is 2.07. The molecule has 1 heterocycles. The summed E-state index contributed by atoms with van der Waals surface area (Å²) in [7, 11) is 0. The fraction of sp³-hybridized carbons (Fsp3) is 0.875. The zero-order valence-electron chi connectivity index (χ0n) is 7.40. The van der Waals surface area contributed by atoms with Gasteiger partial charge in [0.05, 0.1) is 6.04 Å². The molecule has 0 spiro atoms. The van der Waals surface area contributed by atoms with E-state index < -0.39 is 0 Å². The lowest BCUT2D eigenvalue weighted by atomic mass is 10.00. The van der Waals surface area contributed by atoms with E-state index >= 15 is 0 Å². The first-order valence-electron chi connectivity index (χ1n) is 4.00. The molecule has 1 aliphatic heterocycles. The molecule has 1 aliphatic rings. The Morgan fingerprint density at radius 3 is 2.55 bits per heavy atom. The van der Waals surface area contributed by atoms with E-state index in [-0.39, 0.29) is 17.4 Å². The number of carbonyl (C=O) groups excluding carboxylic acids is 1. The molecule has 3 nitrogen and oxygen atoms in total. The highest BCUT2D eigenvalue weighted by Gasteiger charge is 2.27.